The van der Waals surface area contributed by atoms with E-state index in [4.69, 9.17) is 14.5 Å². The van der Waals surface area contributed by atoms with Crippen molar-refractivity contribution >= 4 is 17.7 Å². The van der Waals surface area contributed by atoms with Crippen LogP contribution in [-0.4, -0.2) is 70.9 Å². The third-order valence-corrected chi connectivity index (χ3v) is 5.84. The van der Waals surface area contributed by atoms with Gasteiger partial charge in [0.05, 0.1) is 37.3 Å². The molecular weight excluding hydrogens is 408 g/mol. The molecule has 1 aliphatic heterocycles. The van der Waals surface area contributed by atoms with Gasteiger partial charge in [-0.05, 0) is 31.1 Å². The highest BCUT2D eigenvalue weighted by molar-refractivity contribution is 6.07. The Kier molecular flexibility index (Phi) is 5.74. The van der Waals surface area contributed by atoms with Crippen LogP contribution in [0.25, 0.3) is 17.6 Å². The molecule has 5 rings (SSSR count). The summed E-state index contributed by atoms with van der Waals surface area (Å²) in [6.07, 6.45) is 5.74. The first kappa shape index (κ1) is 20.5. The minimum Gasteiger partial charge on any atom is -0.496 e. The summed E-state index contributed by atoms with van der Waals surface area (Å²) < 4.78 is 10.7. The molecule has 3 N–H and O–H groups in total. The van der Waals surface area contributed by atoms with E-state index < -0.39 is 0 Å². The molecule has 0 radical (unpaired) electrons. The second-order valence-electron chi connectivity index (χ2n) is 7.94. The predicted octanol–water partition coefficient (Wildman–Crippen LogP) is 2.72. The first-order valence-corrected chi connectivity index (χ1v) is 10.8. The number of aryl methyl sites for hydroxylation is 1. The summed E-state index contributed by atoms with van der Waals surface area (Å²) in [7, 11) is 1.55. The van der Waals surface area contributed by atoms with Crippen molar-refractivity contribution in [3.05, 3.63) is 53.0 Å². The number of morpholine rings is 1. The lowest BCUT2D eigenvalue weighted by atomic mass is 9.99. The fourth-order valence-corrected chi connectivity index (χ4v) is 4.15. The molecule has 9 heteroatoms. The Labute approximate surface area is 185 Å². The number of para-hydroxylation sites is 1. The highest BCUT2D eigenvalue weighted by Crippen LogP contribution is 2.29. The molecule has 2 aliphatic rings. The number of ether oxygens (including phenoxy) is 2. The zero-order chi connectivity index (χ0) is 21.9. The summed E-state index contributed by atoms with van der Waals surface area (Å²) in [6, 6.07) is 7.11. The van der Waals surface area contributed by atoms with Crippen molar-refractivity contribution in [1.82, 2.24) is 25.1 Å². The van der Waals surface area contributed by atoms with Crippen LogP contribution < -0.4 is 10.1 Å². The Morgan fingerprint density at radius 3 is 2.94 bits per heavy atom. The van der Waals surface area contributed by atoms with Gasteiger partial charge in [0.25, 0.3) is 5.91 Å². The molecule has 1 fully saturated rings. The van der Waals surface area contributed by atoms with Crippen LogP contribution in [0.4, 0.5) is 5.69 Å². The number of carbonyl (C=O) groups excluding carboxylic acids is 1. The van der Waals surface area contributed by atoms with Crippen molar-refractivity contribution in [2.24, 2.45) is 0 Å². The number of imidazole rings is 1. The number of fused-ring (bicyclic) bond motifs is 1. The van der Waals surface area contributed by atoms with Gasteiger partial charge >= 0.3 is 0 Å². The second kappa shape index (κ2) is 8.97. The van der Waals surface area contributed by atoms with Gasteiger partial charge in [0, 0.05) is 31.5 Å². The number of methoxy groups -OCH3 is 1. The highest BCUT2D eigenvalue weighted by Gasteiger charge is 2.22. The molecule has 0 unspecified atom stereocenters. The lowest BCUT2D eigenvalue weighted by molar-refractivity contribution is 0.0420. The van der Waals surface area contributed by atoms with E-state index >= 15 is 0 Å². The summed E-state index contributed by atoms with van der Waals surface area (Å²) in [6.45, 7) is 4.49. The van der Waals surface area contributed by atoms with Gasteiger partial charge in [-0.15, -0.1) is 0 Å². The summed E-state index contributed by atoms with van der Waals surface area (Å²) in [5.74, 6) is 0.881. The summed E-state index contributed by atoms with van der Waals surface area (Å²) >= 11 is 0. The maximum atomic E-state index is 12.8. The monoisotopic (exact) mass is 434 g/mol. The molecule has 1 saturated heterocycles. The van der Waals surface area contributed by atoms with Crippen LogP contribution in [0.5, 0.6) is 5.75 Å². The zero-order valence-corrected chi connectivity index (χ0v) is 18.0. The highest BCUT2D eigenvalue weighted by atomic mass is 16.5. The Morgan fingerprint density at radius 1 is 1.25 bits per heavy atom. The van der Waals surface area contributed by atoms with Crippen LogP contribution in [-0.2, 0) is 11.2 Å². The van der Waals surface area contributed by atoms with E-state index in [0.717, 1.165) is 57.1 Å². The van der Waals surface area contributed by atoms with E-state index in [-0.39, 0.29) is 5.91 Å². The molecule has 0 bridgehead atoms. The number of rotatable bonds is 6. The largest absolute Gasteiger partial charge is 0.496 e. The molecule has 1 aromatic carbocycles. The van der Waals surface area contributed by atoms with E-state index in [1.165, 1.54) is 5.57 Å². The standard InChI is InChI=1S/C23H26N6O3/c1-31-20-5-3-2-4-16(20)23(30)27-19-13-24-28-21(19)22-25-17-7-6-15(12-18(17)26-22)14-29-8-10-32-11-9-29/h2-5,12-13H,6-11,14H2,1H3,(H,24,28)(H,25,26)(H,27,30). The van der Waals surface area contributed by atoms with Gasteiger partial charge < -0.3 is 19.8 Å². The van der Waals surface area contributed by atoms with Crippen LogP contribution in [0, 0.1) is 0 Å². The Hall–Kier alpha value is -3.43. The lowest BCUT2D eigenvalue weighted by Crippen LogP contribution is -2.37. The summed E-state index contributed by atoms with van der Waals surface area (Å²) in [5, 5.41) is 10.1. The van der Waals surface area contributed by atoms with E-state index in [2.05, 4.69) is 31.5 Å². The van der Waals surface area contributed by atoms with Gasteiger partial charge in [0.1, 0.15) is 5.75 Å². The Balaban J connectivity index is 1.34. The van der Waals surface area contributed by atoms with Crippen molar-refractivity contribution in [3.63, 3.8) is 0 Å². The molecular formula is C23H26N6O3. The molecule has 1 aliphatic carbocycles. The number of benzene rings is 1. The van der Waals surface area contributed by atoms with E-state index in [0.29, 0.717) is 28.5 Å². The summed E-state index contributed by atoms with van der Waals surface area (Å²) in [4.78, 5) is 23.4. The van der Waals surface area contributed by atoms with Gasteiger partial charge in [-0.1, -0.05) is 17.7 Å². The first-order chi connectivity index (χ1) is 15.7. The number of carbonyl (C=O) groups is 1. The van der Waals surface area contributed by atoms with Crippen LogP contribution in [0.15, 0.2) is 36.0 Å². The van der Waals surface area contributed by atoms with Crippen molar-refractivity contribution in [2.45, 2.75) is 12.8 Å². The van der Waals surface area contributed by atoms with Crippen LogP contribution in [0.3, 0.4) is 0 Å². The van der Waals surface area contributed by atoms with Gasteiger partial charge in [0.15, 0.2) is 11.5 Å². The van der Waals surface area contributed by atoms with Gasteiger partial charge in [0.2, 0.25) is 0 Å². The van der Waals surface area contributed by atoms with Crippen molar-refractivity contribution in [3.8, 4) is 17.3 Å². The van der Waals surface area contributed by atoms with Crippen molar-refractivity contribution < 1.29 is 14.3 Å². The third kappa shape index (κ3) is 4.17. The number of aromatic nitrogens is 4. The molecule has 0 atom stereocenters. The molecule has 9 nitrogen and oxygen atoms in total. The first-order valence-electron chi connectivity index (χ1n) is 10.8. The number of nitrogens with zero attached hydrogens (tertiary/aromatic N) is 3. The van der Waals surface area contributed by atoms with Gasteiger partial charge in [-0.3, -0.25) is 14.8 Å². The topological polar surface area (TPSA) is 108 Å². The smallest absolute Gasteiger partial charge is 0.259 e. The van der Waals surface area contributed by atoms with Crippen LogP contribution in [0.2, 0.25) is 0 Å². The molecule has 0 saturated carbocycles. The molecule has 1 amide bonds. The molecule has 32 heavy (non-hydrogen) atoms. The molecule has 2 aromatic heterocycles. The molecule has 3 aromatic rings. The number of anilines is 1. The van der Waals surface area contributed by atoms with Crippen molar-refractivity contribution in [1.29, 1.82) is 0 Å². The van der Waals surface area contributed by atoms with Gasteiger partial charge in [-0.25, -0.2) is 4.98 Å². The third-order valence-electron chi connectivity index (χ3n) is 5.84. The fraction of sp³-hybridized carbons (Fsp3) is 0.348. The Morgan fingerprint density at radius 2 is 2.09 bits per heavy atom. The predicted molar refractivity (Wildman–Crippen MR) is 121 cm³/mol. The number of amides is 1. The number of H-pyrrole nitrogens is 2. The average Bonchev–Trinajstić information content (AvgIpc) is 3.46. The summed E-state index contributed by atoms with van der Waals surface area (Å²) in [5.41, 5.74) is 5.01. The molecule has 3 heterocycles. The van der Waals surface area contributed by atoms with E-state index in [9.17, 15) is 4.79 Å². The molecule has 0 spiro atoms. The fourth-order valence-electron chi connectivity index (χ4n) is 4.15. The van der Waals surface area contributed by atoms with Crippen molar-refractivity contribution in [2.75, 3.05) is 45.3 Å². The number of hydrogen-bond donors (Lipinski definition) is 3. The normalized spacial score (nSPS) is 16.3. The minimum atomic E-state index is -0.269. The SMILES string of the molecule is COc1ccccc1C(=O)Nc1c[nH]nc1-c1nc2c([nH]1)CCC(CN1CCOCC1)=C2. The zero-order valence-electron chi connectivity index (χ0n) is 18.0. The van der Waals surface area contributed by atoms with E-state index in [1.54, 1.807) is 31.5 Å². The minimum absolute atomic E-state index is 0.269. The Bertz CT molecular complexity index is 1140. The van der Waals surface area contributed by atoms with Crippen LogP contribution in [0.1, 0.15) is 28.2 Å². The van der Waals surface area contributed by atoms with E-state index in [1.807, 2.05) is 6.07 Å². The number of nitrogens with one attached hydrogen (secondary N) is 3. The number of hydrogen-bond acceptors (Lipinski definition) is 6. The van der Waals surface area contributed by atoms with Gasteiger partial charge in [-0.2, -0.15) is 5.10 Å². The lowest BCUT2D eigenvalue weighted by Gasteiger charge is -2.28. The average molecular weight is 435 g/mol. The van der Waals surface area contributed by atoms with Crippen LogP contribution >= 0.6 is 0 Å². The maximum Gasteiger partial charge on any atom is 0.259 e. The quantitative estimate of drug-likeness (QED) is 0.551. The second-order valence-corrected chi connectivity index (χ2v) is 7.94. The molecule has 166 valence electrons. The maximum absolute atomic E-state index is 12.8. The number of aromatic amines is 2.